The van der Waals surface area contributed by atoms with Gasteiger partial charge in [0.1, 0.15) is 0 Å². The average molecular weight is 674 g/mol. The molecule has 0 radical (unpaired) electrons. The van der Waals surface area contributed by atoms with E-state index in [1.54, 1.807) is 12.6 Å². The van der Waals surface area contributed by atoms with Gasteiger partial charge in [-0.25, -0.2) is 5.48 Å². The van der Waals surface area contributed by atoms with Crippen LogP contribution in [0.25, 0.3) is 11.1 Å². The zero-order valence-corrected chi connectivity index (χ0v) is 28.5. The van der Waals surface area contributed by atoms with Crippen molar-refractivity contribution in [3.8, 4) is 11.1 Å². The van der Waals surface area contributed by atoms with Gasteiger partial charge in [0.25, 0.3) is 0 Å². The minimum absolute atomic E-state index is 0.00225. The van der Waals surface area contributed by atoms with E-state index in [9.17, 15) is 14.7 Å². The van der Waals surface area contributed by atoms with Gasteiger partial charge in [-0.1, -0.05) is 85.6 Å². The van der Waals surface area contributed by atoms with E-state index in [0.717, 1.165) is 91.6 Å². The summed E-state index contributed by atoms with van der Waals surface area (Å²) in [6, 6.07) is 24.8. The third-order valence-corrected chi connectivity index (χ3v) is 9.58. The van der Waals surface area contributed by atoms with E-state index >= 15 is 0 Å². The number of methoxy groups -OCH3 is 1. The molecule has 3 aromatic carbocycles. The fraction of sp³-hybridized carbons (Fsp3) is 0.487. The normalized spacial score (nSPS) is 21.0. The summed E-state index contributed by atoms with van der Waals surface area (Å²) in [5.74, 6) is -0.377. The van der Waals surface area contributed by atoms with E-state index < -0.39 is 6.29 Å². The molecule has 0 spiro atoms. The van der Waals surface area contributed by atoms with Crippen molar-refractivity contribution >= 4 is 11.8 Å². The largest absolute Gasteiger partial charge is 0.392 e. The minimum atomic E-state index is -0.528. The zero-order chi connectivity index (χ0) is 34.4. The molecule has 0 aromatic heterocycles. The number of likely N-dealkylation sites (tertiary alicyclic amines) is 1. The molecular formula is C39H51N3O7. The summed E-state index contributed by atoms with van der Waals surface area (Å²) in [7, 11) is 1.76. The summed E-state index contributed by atoms with van der Waals surface area (Å²) in [5.41, 5.74) is 7.67. The zero-order valence-electron chi connectivity index (χ0n) is 28.5. The summed E-state index contributed by atoms with van der Waals surface area (Å²) in [4.78, 5) is 26.2. The van der Waals surface area contributed by atoms with Crippen LogP contribution in [0.5, 0.6) is 0 Å². The molecule has 2 heterocycles. The highest BCUT2D eigenvalue weighted by molar-refractivity contribution is 5.76. The molecule has 264 valence electrons. The van der Waals surface area contributed by atoms with Crippen molar-refractivity contribution in [2.45, 2.75) is 95.5 Å². The molecule has 0 bridgehead atoms. The molecule has 0 aliphatic carbocycles. The summed E-state index contributed by atoms with van der Waals surface area (Å²) >= 11 is 0. The highest BCUT2D eigenvalue weighted by Gasteiger charge is 2.35. The van der Waals surface area contributed by atoms with E-state index in [1.807, 2.05) is 42.5 Å². The third-order valence-electron chi connectivity index (χ3n) is 9.58. The highest BCUT2D eigenvalue weighted by Crippen LogP contribution is 2.39. The van der Waals surface area contributed by atoms with Gasteiger partial charge in [-0.05, 0) is 60.0 Å². The van der Waals surface area contributed by atoms with Crippen LogP contribution in [-0.2, 0) is 37.0 Å². The highest BCUT2D eigenvalue weighted by atomic mass is 16.7. The second kappa shape index (κ2) is 18.9. The Morgan fingerprint density at radius 3 is 2.33 bits per heavy atom. The first-order chi connectivity index (χ1) is 24.0. The van der Waals surface area contributed by atoms with Gasteiger partial charge in [-0.3, -0.25) is 19.7 Å². The molecule has 3 aromatic rings. The first-order valence-corrected chi connectivity index (χ1v) is 17.6. The van der Waals surface area contributed by atoms with Crippen LogP contribution >= 0.6 is 0 Å². The van der Waals surface area contributed by atoms with Gasteiger partial charge in [0.2, 0.25) is 11.8 Å². The molecule has 4 atom stereocenters. The maximum Gasteiger partial charge on any atom is 0.243 e. The predicted octanol–water partition coefficient (Wildman–Crippen LogP) is 5.96. The molecule has 0 saturated carbocycles. The van der Waals surface area contributed by atoms with Crippen molar-refractivity contribution in [2.75, 3.05) is 26.8 Å². The summed E-state index contributed by atoms with van der Waals surface area (Å²) in [5, 5.41) is 21.2. The number of carbonyl (C=O) groups is 2. The Hall–Kier alpha value is -3.64. The molecule has 2 aliphatic rings. The fourth-order valence-corrected chi connectivity index (χ4v) is 6.85. The molecule has 10 heteroatoms. The number of hydrogen-bond donors (Lipinski definition) is 4. The Morgan fingerprint density at radius 1 is 0.898 bits per heavy atom. The number of carbonyl (C=O) groups excluding carboxylic acids is 2. The molecule has 2 saturated heterocycles. The first-order valence-electron chi connectivity index (χ1n) is 17.6. The maximum absolute atomic E-state index is 12.6. The maximum atomic E-state index is 12.6. The van der Waals surface area contributed by atoms with Crippen LogP contribution in [0.15, 0.2) is 72.8 Å². The van der Waals surface area contributed by atoms with Crippen molar-refractivity contribution in [1.29, 1.82) is 0 Å². The van der Waals surface area contributed by atoms with Crippen LogP contribution in [0.2, 0.25) is 0 Å². The SMILES string of the molecule is COC[C@@H]1CCCN1C[C@@H]1C[C@H](c2ccc(CO)cc2)O[C@H](c2ccc(-c3ccccc3CNC(=O)CCCCCCC(=O)NO)cc2)O1. The van der Waals surface area contributed by atoms with Gasteiger partial charge in [-0.2, -0.15) is 0 Å². The molecule has 0 unspecified atom stereocenters. The number of hydroxylamine groups is 1. The lowest BCUT2D eigenvalue weighted by Gasteiger charge is -2.38. The van der Waals surface area contributed by atoms with Crippen molar-refractivity contribution in [3.63, 3.8) is 0 Å². The van der Waals surface area contributed by atoms with E-state index in [0.29, 0.717) is 25.4 Å². The lowest BCUT2D eigenvalue weighted by atomic mass is 9.97. The topological polar surface area (TPSA) is 130 Å². The third kappa shape index (κ3) is 10.7. The molecule has 2 fully saturated rings. The molecule has 5 rings (SSSR count). The summed E-state index contributed by atoms with van der Waals surface area (Å²) < 4.78 is 18.7. The van der Waals surface area contributed by atoms with Crippen molar-refractivity contribution in [1.82, 2.24) is 15.7 Å². The number of unbranched alkanes of at least 4 members (excludes halogenated alkanes) is 3. The van der Waals surface area contributed by atoms with Gasteiger partial charge in [0, 0.05) is 51.1 Å². The van der Waals surface area contributed by atoms with Gasteiger partial charge >= 0.3 is 0 Å². The molecule has 10 nitrogen and oxygen atoms in total. The number of hydrogen-bond acceptors (Lipinski definition) is 8. The average Bonchev–Trinajstić information content (AvgIpc) is 3.58. The van der Waals surface area contributed by atoms with Gasteiger partial charge < -0.3 is 24.6 Å². The van der Waals surface area contributed by atoms with E-state index in [1.165, 1.54) is 0 Å². The fourth-order valence-electron chi connectivity index (χ4n) is 6.85. The quantitative estimate of drug-likeness (QED) is 0.0785. The molecule has 4 N–H and O–H groups in total. The number of nitrogens with zero attached hydrogens (tertiary/aromatic N) is 1. The molecule has 2 aliphatic heterocycles. The number of rotatable bonds is 17. The second-order valence-corrected chi connectivity index (χ2v) is 13.1. The first kappa shape index (κ1) is 36.6. The van der Waals surface area contributed by atoms with E-state index in [2.05, 4.69) is 40.5 Å². The molecule has 49 heavy (non-hydrogen) atoms. The number of benzene rings is 3. The molecule has 2 amide bonds. The van der Waals surface area contributed by atoms with Crippen LogP contribution in [0, 0.1) is 0 Å². The van der Waals surface area contributed by atoms with Gasteiger partial charge in [-0.15, -0.1) is 0 Å². The van der Waals surface area contributed by atoms with Crippen LogP contribution in [0.4, 0.5) is 0 Å². The smallest absolute Gasteiger partial charge is 0.243 e. The summed E-state index contributed by atoms with van der Waals surface area (Å²) in [6.45, 7) is 3.02. The van der Waals surface area contributed by atoms with E-state index in [-0.39, 0.29) is 37.0 Å². The van der Waals surface area contributed by atoms with Crippen molar-refractivity contribution < 1.29 is 34.1 Å². The van der Waals surface area contributed by atoms with Crippen LogP contribution in [0.1, 0.15) is 92.4 Å². The van der Waals surface area contributed by atoms with Crippen molar-refractivity contribution in [2.24, 2.45) is 0 Å². The van der Waals surface area contributed by atoms with Gasteiger partial charge in [0.05, 0.1) is 25.4 Å². The second-order valence-electron chi connectivity index (χ2n) is 13.1. The Balaban J connectivity index is 1.22. The number of ether oxygens (including phenoxy) is 3. The molecular weight excluding hydrogens is 622 g/mol. The van der Waals surface area contributed by atoms with Crippen LogP contribution in [-0.4, -0.2) is 66.0 Å². The Labute approximate surface area is 289 Å². The predicted molar refractivity (Wildman–Crippen MR) is 186 cm³/mol. The Kier molecular flexibility index (Phi) is 14.2. The van der Waals surface area contributed by atoms with Gasteiger partial charge in [0.15, 0.2) is 6.29 Å². The monoisotopic (exact) mass is 673 g/mol. The number of aliphatic hydroxyl groups excluding tert-OH is 1. The standard InChI is InChI=1S/C39H51N3O7/c1-47-27-33-10-8-22-42(33)25-34-23-36(30-16-14-28(26-43)15-17-30)49-39(48-34)31-20-18-29(19-21-31)35-11-7-6-9-32(35)24-40-37(44)12-4-2-3-5-13-38(45)41-46/h6-7,9,11,14-21,33-34,36,39,43,46H,2-5,8,10,12-13,22-27H2,1H3,(H,40,44)(H,41,45)/t33-,34-,36+,39+/m0/s1. The lowest BCUT2D eigenvalue weighted by Crippen LogP contribution is -2.42. The van der Waals surface area contributed by atoms with Crippen LogP contribution < -0.4 is 10.8 Å². The summed E-state index contributed by atoms with van der Waals surface area (Å²) in [6.07, 6.45) is 6.20. The number of amides is 2. The minimum Gasteiger partial charge on any atom is -0.392 e. The van der Waals surface area contributed by atoms with Crippen LogP contribution in [0.3, 0.4) is 0 Å². The van der Waals surface area contributed by atoms with E-state index in [4.69, 9.17) is 19.4 Å². The Bertz CT molecular complexity index is 1470. The number of nitrogens with one attached hydrogen (secondary N) is 2. The Morgan fingerprint density at radius 2 is 1.61 bits per heavy atom. The number of aliphatic hydroxyl groups is 1. The lowest BCUT2D eigenvalue weighted by molar-refractivity contribution is -0.253. The van der Waals surface area contributed by atoms with Crippen molar-refractivity contribution in [3.05, 3.63) is 95.1 Å².